The molecular weight excluding hydrogens is 230 g/mol. The Kier molecular flexibility index (Phi) is 4.74. The maximum atomic E-state index is 4.92. The van der Waals surface area contributed by atoms with Crippen molar-refractivity contribution in [2.75, 3.05) is 19.6 Å². The van der Waals surface area contributed by atoms with Crippen molar-refractivity contribution in [1.29, 1.82) is 0 Å². The maximum absolute atomic E-state index is 4.92. The van der Waals surface area contributed by atoms with E-state index in [0.29, 0.717) is 17.3 Å². The molecule has 2 saturated heterocycles. The van der Waals surface area contributed by atoms with Crippen LogP contribution in [0, 0.1) is 0 Å². The van der Waals surface area contributed by atoms with E-state index in [9.17, 15) is 0 Å². The van der Waals surface area contributed by atoms with Crippen molar-refractivity contribution in [1.82, 2.24) is 10.2 Å². The summed E-state index contributed by atoms with van der Waals surface area (Å²) in [5, 5.41) is 5.41. The average molecular weight is 255 g/mol. The number of likely N-dealkylation sites (tertiary alicyclic amines) is 1. The van der Waals surface area contributed by atoms with Gasteiger partial charge in [-0.05, 0) is 39.3 Å². The molecule has 2 heterocycles. The fourth-order valence-electron chi connectivity index (χ4n) is 2.70. The molecule has 3 unspecified atom stereocenters. The van der Waals surface area contributed by atoms with Gasteiger partial charge in [0.2, 0.25) is 0 Å². The van der Waals surface area contributed by atoms with Gasteiger partial charge in [-0.1, -0.05) is 25.6 Å². The predicted octanol–water partition coefficient (Wildman–Crippen LogP) is 2.33. The summed E-state index contributed by atoms with van der Waals surface area (Å²) < 4.78 is 0. The molecule has 2 fully saturated rings. The van der Waals surface area contributed by atoms with E-state index in [1.165, 1.54) is 31.0 Å². The molecule has 2 aliphatic rings. The molecule has 0 spiro atoms. The molecule has 98 valence electrons. The number of thioether (sulfide) groups is 1. The normalized spacial score (nSPS) is 38.1. The molecule has 3 nitrogen and oxygen atoms in total. The first-order valence-electron chi connectivity index (χ1n) is 6.90. The molecule has 0 radical (unpaired) electrons. The minimum absolute atomic E-state index is 0.510. The lowest BCUT2D eigenvalue weighted by molar-refractivity contribution is 0.220. The van der Waals surface area contributed by atoms with Crippen molar-refractivity contribution in [3.05, 3.63) is 0 Å². The van der Waals surface area contributed by atoms with Crippen LogP contribution in [0.5, 0.6) is 0 Å². The molecule has 0 aromatic carbocycles. The standard InChI is InChI=1S/C13H25N3S/c1-4-16-7-5-6-12(9-16)15-13-14-10(2)8-11(3)17-13/h10-12H,4-9H2,1-3H3,(H,14,15). The number of piperidine rings is 1. The lowest BCUT2D eigenvalue weighted by Gasteiger charge is -2.32. The molecule has 0 aromatic heterocycles. The fourth-order valence-corrected chi connectivity index (χ4v) is 3.94. The van der Waals surface area contributed by atoms with Crippen molar-refractivity contribution >= 4 is 16.9 Å². The second kappa shape index (κ2) is 6.10. The molecule has 1 N–H and O–H groups in total. The monoisotopic (exact) mass is 255 g/mol. The van der Waals surface area contributed by atoms with Gasteiger partial charge in [0, 0.05) is 17.8 Å². The van der Waals surface area contributed by atoms with Crippen LogP contribution in [0.25, 0.3) is 0 Å². The van der Waals surface area contributed by atoms with Gasteiger partial charge in [0.15, 0.2) is 5.17 Å². The van der Waals surface area contributed by atoms with Crippen molar-refractivity contribution in [3.8, 4) is 0 Å². The second-order valence-corrected chi connectivity index (χ2v) is 6.76. The van der Waals surface area contributed by atoms with Crippen LogP contribution in [0.4, 0.5) is 0 Å². The van der Waals surface area contributed by atoms with Crippen molar-refractivity contribution in [3.63, 3.8) is 0 Å². The average Bonchev–Trinajstić information content (AvgIpc) is 2.28. The third-order valence-electron chi connectivity index (χ3n) is 3.60. The highest BCUT2D eigenvalue weighted by Gasteiger charge is 2.23. The summed E-state index contributed by atoms with van der Waals surface area (Å²) in [6, 6.07) is 1.09. The molecule has 17 heavy (non-hydrogen) atoms. The summed E-state index contributed by atoms with van der Waals surface area (Å²) in [6.45, 7) is 10.4. The summed E-state index contributed by atoms with van der Waals surface area (Å²) in [4.78, 5) is 7.43. The topological polar surface area (TPSA) is 27.6 Å². The van der Waals surface area contributed by atoms with Crippen LogP contribution in [0.2, 0.25) is 0 Å². The number of nitrogens with one attached hydrogen (secondary N) is 1. The molecule has 4 heteroatoms. The molecule has 2 aliphatic heterocycles. The van der Waals surface area contributed by atoms with Crippen LogP contribution in [0.1, 0.15) is 40.0 Å². The summed E-state index contributed by atoms with van der Waals surface area (Å²) in [5.41, 5.74) is 0. The van der Waals surface area contributed by atoms with Gasteiger partial charge in [-0.3, -0.25) is 4.99 Å². The third kappa shape index (κ3) is 3.88. The zero-order valence-corrected chi connectivity index (χ0v) is 12.1. The van der Waals surface area contributed by atoms with Gasteiger partial charge < -0.3 is 10.2 Å². The number of hydrogen-bond acceptors (Lipinski definition) is 3. The van der Waals surface area contributed by atoms with Gasteiger partial charge in [-0.15, -0.1) is 0 Å². The number of amidine groups is 1. The first-order valence-corrected chi connectivity index (χ1v) is 7.78. The zero-order valence-electron chi connectivity index (χ0n) is 11.3. The first kappa shape index (κ1) is 13.2. The molecule has 0 saturated carbocycles. The van der Waals surface area contributed by atoms with Crippen molar-refractivity contribution in [2.24, 2.45) is 4.99 Å². The maximum Gasteiger partial charge on any atom is 0.157 e. The van der Waals surface area contributed by atoms with Crippen LogP contribution in [0.3, 0.4) is 0 Å². The molecule has 0 aromatic rings. The number of likely N-dealkylation sites (N-methyl/N-ethyl adjacent to an activating group) is 1. The molecule has 2 rings (SSSR count). The first-order chi connectivity index (χ1) is 8.17. The van der Waals surface area contributed by atoms with E-state index in [2.05, 4.69) is 31.0 Å². The molecule has 3 atom stereocenters. The van der Waals surface area contributed by atoms with Crippen LogP contribution >= 0.6 is 11.8 Å². The Morgan fingerprint density at radius 3 is 3.00 bits per heavy atom. The molecular formula is C13H25N3S. The van der Waals surface area contributed by atoms with Crippen molar-refractivity contribution < 1.29 is 0 Å². The summed E-state index contributed by atoms with van der Waals surface area (Å²) in [6.07, 6.45) is 3.80. The summed E-state index contributed by atoms with van der Waals surface area (Å²) in [5.74, 6) is 0. The number of nitrogens with zero attached hydrogens (tertiary/aromatic N) is 2. The minimum Gasteiger partial charge on any atom is -0.362 e. The molecule has 0 bridgehead atoms. The van der Waals surface area contributed by atoms with E-state index >= 15 is 0 Å². The Labute approximate surface area is 109 Å². The Morgan fingerprint density at radius 2 is 2.29 bits per heavy atom. The van der Waals surface area contributed by atoms with Crippen LogP contribution < -0.4 is 5.32 Å². The molecule has 0 aliphatic carbocycles. The van der Waals surface area contributed by atoms with E-state index in [4.69, 9.17) is 4.99 Å². The summed E-state index contributed by atoms with van der Waals surface area (Å²) in [7, 11) is 0. The SMILES string of the molecule is CCN1CCCC(N=C2NC(C)CC(C)S2)C1. The second-order valence-electron chi connectivity index (χ2n) is 5.33. The van der Waals surface area contributed by atoms with Crippen LogP contribution in [-0.2, 0) is 0 Å². The quantitative estimate of drug-likeness (QED) is 0.821. The molecule has 0 amide bonds. The third-order valence-corrected chi connectivity index (χ3v) is 4.64. The van der Waals surface area contributed by atoms with E-state index in [1.54, 1.807) is 0 Å². The van der Waals surface area contributed by atoms with Gasteiger partial charge in [0.05, 0.1) is 6.04 Å². The Morgan fingerprint density at radius 1 is 1.47 bits per heavy atom. The van der Waals surface area contributed by atoms with Gasteiger partial charge >= 0.3 is 0 Å². The van der Waals surface area contributed by atoms with E-state index in [-0.39, 0.29) is 0 Å². The van der Waals surface area contributed by atoms with Gasteiger partial charge in [0.1, 0.15) is 0 Å². The highest BCUT2D eigenvalue weighted by atomic mass is 32.2. The predicted molar refractivity (Wildman–Crippen MR) is 76.8 cm³/mol. The highest BCUT2D eigenvalue weighted by molar-refractivity contribution is 8.14. The Bertz CT molecular complexity index is 268. The fraction of sp³-hybridized carbons (Fsp3) is 0.923. The minimum atomic E-state index is 0.510. The number of hydrogen-bond donors (Lipinski definition) is 1. The van der Waals surface area contributed by atoms with E-state index in [1.807, 2.05) is 11.8 Å². The van der Waals surface area contributed by atoms with Gasteiger partial charge in [-0.25, -0.2) is 0 Å². The Hall–Kier alpha value is -0.220. The van der Waals surface area contributed by atoms with Crippen molar-refractivity contribution in [2.45, 2.75) is 57.4 Å². The largest absolute Gasteiger partial charge is 0.362 e. The smallest absolute Gasteiger partial charge is 0.157 e. The lowest BCUT2D eigenvalue weighted by Crippen LogP contribution is -2.41. The van der Waals surface area contributed by atoms with Gasteiger partial charge in [0.25, 0.3) is 0 Å². The van der Waals surface area contributed by atoms with Crippen LogP contribution in [0.15, 0.2) is 4.99 Å². The number of aliphatic imine (C=N–C) groups is 1. The summed E-state index contributed by atoms with van der Waals surface area (Å²) >= 11 is 1.91. The lowest BCUT2D eigenvalue weighted by atomic mass is 10.1. The van der Waals surface area contributed by atoms with E-state index in [0.717, 1.165) is 13.1 Å². The van der Waals surface area contributed by atoms with E-state index < -0.39 is 0 Å². The zero-order chi connectivity index (χ0) is 12.3. The van der Waals surface area contributed by atoms with Gasteiger partial charge in [-0.2, -0.15) is 0 Å². The Balaban J connectivity index is 1.93. The number of rotatable bonds is 2. The van der Waals surface area contributed by atoms with Crippen LogP contribution in [-0.4, -0.2) is 47.0 Å². The highest BCUT2D eigenvalue weighted by Crippen LogP contribution is 2.24.